The number of carbonyl (C=O) groups is 2. The van der Waals surface area contributed by atoms with E-state index in [9.17, 15) is 19.8 Å². The minimum absolute atomic E-state index is 0.128. The predicted molar refractivity (Wildman–Crippen MR) is 170 cm³/mol. The average molecular weight is 607 g/mol. The first-order valence-corrected chi connectivity index (χ1v) is 15.7. The zero-order valence-corrected chi connectivity index (χ0v) is 25.8. The van der Waals surface area contributed by atoms with E-state index in [1.54, 1.807) is 30.2 Å². The second-order valence-electron chi connectivity index (χ2n) is 12.5. The van der Waals surface area contributed by atoms with Crippen LogP contribution in [0.4, 0.5) is 5.69 Å². The van der Waals surface area contributed by atoms with Crippen molar-refractivity contribution in [2.24, 2.45) is 11.8 Å². The van der Waals surface area contributed by atoms with E-state index in [1.165, 1.54) is 11.1 Å². The highest BCUT2D eigenvalue weighted by Gasteiger charge is 2.44. The van der Waals surface area contributed by atoms with Crippen LogP contribution in [-0.2, 0) is 21.4 Å². The molecule has 3 aliphatic rings. The van der Waals surface area contributed by atoms with Crippen LogP contribution in [0.2, 0.25) is 5.02 Å². The summed E-state index contributed by atoms with van der Waals surface area (Å²) in [4.78, 5) is 29.4. The summed E-state index contributed by atoms with van der Waals surface area (Å²) in [7, 11) is 1.69. The number of benzene rings is 2. The van der Waals surface area contributed by atoms with Crippen molar-refractivity contribution in [2.45, 2.75) is 62.4 Å². The van der Waals surface area contributed by atoms with Gasteiger partial charge >= 0.3 is 5.97 Å². The fourth-order valence-electron chi connectivity index (χ4n) is 7.16. The molecular formula is C35H43ClN2O5. The number of ether oxygens (including phenoxy) is 1. The number of amides is 1. The number of halogens is 1. The summed E-state index contributed by atoms with van der Waals surface area (Å²) in [5.74, 6) is -1.13. The summed E-state index contributed by atoms with van der Waals surface area (Å²) in [5.41, 5.74) is 3.67. The smallest absolute Gasteiger partial charge is 0.311 e. The van der Waals surface area contributed by atoms with E-state index in [-0.39, 0.29) is 29.6 Å². The molecule has 7 nitrogen and oxygen atoms in total. The fourth-order valence-corrected chi connectivity index (χ4v) is 7.36. The molecule has 0 saturated heterocycles. The predicted octanol–water partition coefficient (Wildman–Crippen LogP) is 5.98. The van der Waals surface area contributed by atoms with Gasteiger partial charge in [0.1, 0.15) is 5.75 Å². The molecule has 2 aromatic carbocycles. The number of aliphatic hydroxyl groups is 1. The Morgan fingerprint density at radius 1 is 1.23 bits per heavy atom. The van der Waals surface area contributed by atoms with Crippen LogP contribution in [-0.4, -0.2) is 66.4 Å². The van der Waals surface area contributed by atoms with Crippen molar-refractivity contribution in [3.8, 4) is 5.75 Å². The molecule has 1 aliphatic heterocycles. The zero-order chi connectivity index (χ0) is 30.7. The van der Waals surface area contributed by atoms with E-state index < -0.39 is 18.0 Å². The molecular weight excluding hydrogens is 564 g/mol. The fraction of sp³-hybridized carbons (Fsp3) is 0.486. The molecule has 1 spiro atoms. The van der Waals surface area contributed by atoms with Gasteiger partial charge in [0, 0.05) is 43.5 Å². The zero-order valence-electron chi connectivity index (χ0n) is 25.0. The summed E-state index contributed by atoms with van der Waals surface area (Å²) < 4.78 is 6.57. The summed E-state index contributed by atoms with van der Waals surface area (Å²) >= 11 is 6.39. The van der Waals surface area contributed by atoms with Gasteiger partial charge in [0.05, 0.1) is 24.3 Å². The van der Waals surface area contributed by atoms with Crippen molar-refractivity contribution in [1.29, 1.82) is 0 Å². The van der Waals surface area contributed by atoms with Gasteiger partial charge in [0.25, 0.3) is 0 Å². The molecule has 2 aliphatic carbocycles. The molecule has 1 amide bonds. The Morgan fingerprint density at radius 3 is 2.74 bits per heavy atom. The molecule has 1 unspecified atom stereocenters. The maximum atomic E-state index is 13.0. The first-order valence-electron chi connectivity index (χ1n) is 15.3. The van der Waals surface area contributed by atoms with Crippen molar-refractivity contribution in [1.82, 2.24) is 4.90 Å². The number of carboxylic acid groups (broad SMARTS) is 1. The highest BCUT2D eigenvalue weighted by molar-refractivity contribution is 6.30. The topological polar surface area (TPSA) is 90.3 Å². The van der Waals surface area contributed by atoms with Gasteiger partial charge in [-0.25, -0.2) is 0 Å². The van der Waals surface area contributed by atoms with Crippen LogP contribution in [0.3, 0.4) is 0 Å². The normalized spacial score (nSPS) is 23.9. The first kappa shape index (κ1) is 31.1. The molecule has 1 fully saturated rings. The third kappa shape index (κ3) is 6.48. The molecule has 230 valence electrons. The SMILES string of the molecule is C=CCCN(C)C(=O)CC(C(=O)O)c1ccc2c(c1)N(C[C@@H]1CC[C@H]1[C@@H](O)C=C)C[C@@]1(CCCc3cc(Cl)ccc31)CO2. The molecule has 2 N–H and O–H groups in total. The van der Waals surface area contributed by atoms with Crippen LogP contribution in [0.5, 0.6) is 5.75 Å². The second-order valence-corrected chi connectivity index (χ2v) is 13.0. The first-order chi connectivity index (χ1) is 20.7. The van der Waals surface area contributed by atoms with Gasteiger partial charge in [-0.2, -0.15) is 0 Å². The van der Waals surface area contributed by atoms with Crippen molar-refractivity contribution in [2.75, 3.05) is 38.2 Å². The molecule has 0 radical (unpaired) electrons. The number of carbonyl (C=O) groups excluding carboxylic acids is 1. The Bertz CT molecular complexity index is 1380. The van der Waals surface area contributed by atoms with E-state index in [0.29, 0.717) is 44.0 Å². The third-order valence-electron chi connectivity index (χ3n) is 9.85. The lowest BCUT2D eigenvalue weighted by molar-refractivity contribution is -0.142. The highest BCUT2D eigenvalue weighted by atomic mass is 35.5. The van der Waals surface area contributed by atoms with Gasteiger partial charge in [0.2, 0.25) is 5.91 Å². The maximum absolute atomic E-state index is 13.0. The number of aryl methyl sites for hydroxylation is 1. The van der Waals surface area contributed by atoms with Crippen molar-refractivity contribution < 1.29 is 24.5 Å². The van der Waals surface area contributed by atoms with Crippen LogP contribution < -0.4 is 9.64 Å². The summed E-state index contributed by atoms with van der Waals surface area (Å²) in [5, 5.41) is 21.6. The number of fused-ring (bicyclic) bond motifs is 3. The van der Waals surface area contributed by atoms with E-state index in [0.717, 1.165) is 42.8 Å². The number of hydrogen-bond donors (Lipinski definition) is 2. The maximum Gasteiger partial charge on any atom is 0.311 e. The van der Waals surface area contributed by atoms with Gasteiger partial charge in [-0.15, -0.1) is 13.2 Å². The summed E-state index contributed by atoms with van der Waals surface area (Å²) in [6.07, 6.45) is 8.24. The third-order valence-corrected chi connectivity index (χ3v) is 10.1. The van der Waals surface area contributed by atoms with Gasteiger partial charge < -0.3 is 24.7 Å². The molecule has 0 aromatic heterocycles. The van der Waals surface area contributed by atoms with Crippen LogP contribution >= 0.6 is 11.6 Å². The monoisotopic (exact) mass is 606 g/mol. The Hall–Kier alpha value is -3.29. The minimum Gasteiger partial charge on any atom is -0.490 e. The van der Waals surface area contributed by atoms with Crippen molar-refractivity contribution >= 4 is 29.2 Å². The Morgan fingerprint density at radius 2 is 2.05 bits per heavy atom. The van der Waals surface area contributed by atoms with Gasteiger partial charge in [-0.3, -0.25) is 9.59 Å². The van der Waals surface area contributed by atoms with Crippen molar-refractivity contribution in [3.05, 3.63) is 83.4 Å². The molecule has 5 atom stereocenters. The van der Waals surface area contributed by atoms with Crippen LogP contribution in [0.1, 0.15) is 61.1 Å². The van der Waals surface area contributed by atoms with E-state index in [4.69, 9.17) is 16.3 Å². The quantitative estimate of drug-likeness (QED) is 0.306. The molecule has 1 saturated carbocycles. The number of aliphatic carboxylic acids is 1. The van der Waals surface area contributed by atoms with Gasteiger partial charge in [0.15, 0.2) is 0 Å². The Balaban J connectivity index is 1.51. The lowest BCUT2D eigenvalue weighted by Crippen LogP contribution is -2.49. The summed E-state index contributed by atoms with van der Waals surface area (Å²) in [6.45, 7) is 9.93. The standard InChI is InChI=1S/C35H43ClN2O5/c1-4-6-16-37(3)33(40)19-28(34(41)42)23-10-14-32-30(18-23)38(20-25-9-12-27(25)31(39)5-2)21-35(22-43-32)15-7-8-24-17-26(36)11-13-29(24)35/h4-5,10-11,13-14,17-18,25,27-28,31,39H,1-2,6-9,12,15-16,19-22H2,3H3,(H,41,42)/t25-,27+,28?,31-,35-/m0/s1. The number of nitrogens with zero attached hydrogens (tertiary/aromatic N) is 2. The van der Waals surface area contributed by atoms with Crippen LogP contribution in [0.25, 0.3) is 0 Å². The molecule has 2 aromatic rings. The molecule has 1 heterocycles. The minimum atomic E-state index is -1.03. The number of anilines is 1. The van der Waals surface area contributed by atoms with E-state index >= 15 is 0 Å². The number of carboxylic acids is 1. The molecule has 5 rings (SSSR count). The lowest BCUT2D eigenvalue weighted by atomic mass is 9.68. The van der Waals surface area contributed by atoms with Crippen LogP contribution in [0, 0.1) is 11.8 Å². The number of hydrogen-bond acceptors (Lipinski definition) is 5. The van der Waals surface area contributed by atoms with Crippen molar-refractivity contribution in [3.63, 3.8) is 0 Å². The van der Waals surface area contributed by atoms with E-state index in [2.05, 4.69) is 30.2 Å². The molecule has 0 bridgehead atoms. The van der Waals surface area contributed by atoms with E-state index in [1.807, 2.05) is 18.2 Å². The highest BCUT2D eigenvalue weighted by Crippen LogP contribution is 2.47. The molecule has 43 heavy (non-hydrogen) atoms. The van der Waals surface area contributed by atoms with Gasteiger partial charge in [-0.1, -0.05) is 35.9 Å². The Kier molecular flexibility index (Phi) is 9.52. The second kappa shape index (κ2) is 13.1. The van der Waals surface area contributed by atoms with Crippen LogP contribution in [0.15, 0.2) is 61.7 Å². The molecule has 8 heteroatoms. The largest absolute Gasteiger partial charge is 0.490 e. The summed E-state index contributed by atoms with van der Waals surface area (Å²) in [6, 6.07) is 11.7. The number of aliphatic hydroxyl groups excluding tert-OH is 1. The number of rotatable bonds is 11. The Labute approximate surface area is 259 Å². The van der Waals surface area contributed by atoms with Gasteiger partial charge in [-0.05, 0) is 91.3 Å². The lowest BCUT2D eigenvalue weighted by Gasteiger charge is -2.45. The average Bonchev–Trinajstić information content (AvgIpc) is 3.13.